The Morgan fingerprint density at radius 3 is 2.26 bits per heavy atom. The minimum atomic E-state index is -0.667. The summed E-state index contributed by atoms with van der Waals surface area (Å²) in [7, 11) is 0. The van der Waals surface area contributed by atoms with Gasteiger partial charge in [0.1, 0.15) is 0 Å². The summed E-state index contributed by atoms with van der Waals surface area (Å²) < 4.78 is 21.6. The lowest BCUT2D eigenvalue weighted by Crippen LogP contribution is -2.57. The Kier molecular flexibility index (Phi) is 4.10. The van der Waals surface area contributed by atoms with Crippen molar-refractivity contribution in [3.8, 4) is 0 Å². The van der Waals surface area contributed by atoms with Gasteiger partial charge in [0.25, 0.3) is 0 Å². The summed E-state index contributed by atoms with van der Waals surface area (Å²) in [5.41, 5.74) is 0. The first-order valence-electron chi connectivity index (χ1n) is 6.55. The van der Waals surface area contributed by atoms with Gasteiger partial charge in [-0.1, -0.05) is 0 Å². The molecule has 1 spiro atoms. The average Bonchev–Trinajstić information content (AvgIpc) is 2.62. The van der Waals surface area contributed by atoms with Gasteiger partial charge in [-0.2, -0.15) is 0 Å². The molecule has 19 heavy (non-hydrogen) atoms. The van der Waals surface area contributed by atoms with E-state index in [1.807, 2.05) is 6.92 Å². The van der Waals surface area contributed by atoms with Crippen LogP contribution in [0.15, 0.2) is 0 Å². The van der Waals surface area contributed by atoms with Crippen molar-refractivity contribution in [1.82, 2.24) is 0 Å². The Morgan fingerprint density at radius 2 is 1.74 bits per heavy atom. The normalized spacial score (nSPS) is 36.9. The molecule has 1 saturated carbocycles. The lowest BCUT2D eigenvalue weighted by molar-refractivity contribution is -0.460. The molecule has 6 nitrogen and oxygen atoms in total. The molecule has 6 heteroatoms. The highest BCUT2D eigenvalue weighted by Gasteiger charge is 2.58. The van der Waals surface area contributed by atoms with Crippen molar-refractivity contribution in [2.75, 3.05) is 13.2 Å². The van der Waals surface area contributed by atoms with Crippen LogP contribution in [0.4, 0.5) is 0 Å². The smallest absolute Gasteiger partial charge is 0.302 e. The topological polar surface area (TPSA) is 71.1 Å². The Balaban J connectivity index is 1.98. The molecule has 0 aromatic rings. The molecule has 1 aliphatic heterocycles. The first-order valence-corrected chi connectivity index (χ1v) is 6.55. The number of carbonyl (C=O) groups is 2. The van der Waals surface area contributed by atoms with Crippen LogP contribution in [0.5, 0.6) is 0 Å². The van der Waals surface area contributed by atoms with E-state index in [9.17, 15) is 9.59 Å². The fraction of sp³-hybridized carbons (Fsp3) is 0.846. The Morgan fingerprint density at radius 1 is 1.16 bits per heavy atom. The van der Waals surface area contributed by atoms with Crippen LogP contribution >= 0.6 is 0 Å². The molecule has 0 aromatic carbocycles. The molecular formula is C13H20O6. The molecule has 2 atom stereocenters. The van der Waals surface area contributed by atoms with Crippen LogP contribution in [-0.2, 0) is 28.5 Å². The van der Waals surface area contributed by atoms with Crippen molar-refractivity contribution in [2.45, 2.75) is 45.7 Å². The summed E-state index contributed by atoms with van der Waals surface area (Å²) in [4.78, 5) is 21.9. The van der Waals surface area contributed by atoms with Gasteiger partial charge in [-0.15, -0.1) is 0 Å². The van der Waals surface area contributed by atoms with Gasteiger partial charge in [-0.25, -0.2) is 0 Å². The lowest BCUT2D eigenvalue weighted by Gasteiger charge is -2.48. The lowest BCUT2D eigenvalue weighted by atomic mass is 9.93. The SMILES string of the molecule is CC(=O)OCC1CCC2(OC(C)O2)C1COC(C)=O. The second-order valence-corrected chi connectivity index (χ2v) is 5.13. The van der Waals surface area contributed by atoms with E-state index < -0.39 is 5.79 Å². The zero-order valence-electron chi connectivity index (χ0n) is 11.5. The Hall–Kier alpha value is -1.14. The molecular weight excluding hydrogens is 252 g/mol. The van der Waals surface area contributed by atoms with Crippen molar-refractivity contribution in [3.63, 3.8) is 0 Å². The maximum Gasteiger partial charge on any atom is 0.302 e. The third-order valence-corrected chi connectivity index (χ3v) is 3.70. The van der Waals surface area contributed by atoms with E-state index >= 15 is 0 Å². The minimum absolute atomic E-state index is 0.0908. The van der Waals surface area contributed by atoms with E-state index in [1.54, 1.807) is 0 Å². The number of esters is 2. The van der Waals surface area contributed by atoms with E-state index in [4.69, 9.17) is 18.9 Å². The summed E-state index contributed by atoms with van der Waals surface area (Å²) >= 11 is 0. The monoisotopic (exact) mass is 272 g/mol. The Labute approximate surface area is 112 Å². The summed E-state index contributed by atoms with van der Waals surface area (Å²) in [5, 5.41) is 0. The quantitative estimate of drug-likeness (QED) is 0.717. The molecule has 0 amide bonds. The van der Waals surface area contributed by atoms with Crippen molar-refractivity contribution in [2.24, 2.45) is 11.8 Å². The largest absolute Gasteiger partial charge is 0.466 e. The van der Waals surface area contributed by atoms with Crippen LogP contribution in [0, 0.1) is 11.8 Å². The van der Waals surface area contributed by atoms with Gasteiger partial charge in [0.15, 0.2) is 12.1 Å². The summed E-state index contributed by atoms with van der Waals surface area (Å²) in [6.07, 6.45) is 1.33. The predicted octanol–water partition coefficient (Wildman–Crippen LogP) is 1.23. The van der Waals surface area contributed by atoms with E-state index in [2.05, 4.69) is 0 Å². The number of ether oxygens (including phenoxy) is 4. The molecule has 1 aliphatic carbocycles. The summed E-state index contributed by atoms with van der Waals surface area (Å²) in [5.74, 6) is -1.31. The fourth-order valence-corrected chi connectivity index (χ4v) is 2.89. The predicted molar refractivity (Wildman–Crippen MR) is 63.8 cm³/mol. The van der Waals surface area contributed by atoms with Crippen LogP contribution in [-0.4, -0.2) is 37.2 Å². The van der Waals surface area contributed by atoms with Crippen LogP contribution in [0.1, 0.15) is 33.6 Å². The molecule has 0 radical (unpaired) electrons. The van der Waals surface area contributed by atoms with Gasteiger partial charge in [0.2, 0.25) is 0 Å². The molecule has 108 valence electrons. The number of carbonyl (C=O) groups excluding carboxylic acids is 2. The molecule has 2 rings (SSSR count). The highest BCUT2D eigenvalue weighted by Crippen LogP contribution is 2.50. The molecule has 0 aromatic heterocycles. The molecule has 2 fully saturated rings. The third kappa shape index (κ3) is 3.06. The van der Waals surface area contributed by atoms with E-state index in [1.165, 1.54) is 13.8 Å². The van der Waals surface area contributed by atoms with Gasteiger partial charge in [0.05, 0.1) is 19.1 Å². The molecule has 0 bridgehead atoms. The molecule has 2 aliphatic rings. The molecule has 0 N–H and O–H groups in total. The van der Waals surface area contributed by atoms with E-state index in [0.717, 1.165) is 12.8 Å². The maximum absolute atomic E-state index is 11.0. The molecule has 2 unspecified atom stereocenters. The van der Waals surface area contributed by atoms with Gasteiger partial charge in [-0.05, 0) is 13.3 Å². The highest BCUT2D eigenvalue weighted by molar-refractivity contribution is 5.66. The maximum atomic E-state index is 11.0. The van der Waals surface area contributed by atoms with Crippen molar-refractivity contribution in [3.05, 3.63) is 0 Å². The Bertz CT molecular complexity index is 360. The van der Waals surface area contributed by atoms with Gasteiger partial charge < -0.3 is 18.9 Å². The van der Waals surface area contributed by atoms with Gasteiger partial charge in [0, 0.05) is 26.2 Å². The fourth-order valence-electron chi connectivity index (χ4n) is 2.89. The first-order chi connectivity index (χ1) is 8.93. The minimum Gasteiger partial charge on any atom is -0.466 e. The van der Waals surface area contributed by atoms with Crippen molar-refractivity contribution < 1.29 is 28.5 Å². The second-order valence-electron chi connectivity index (χ2n) is 5.13. The molecule has 1 saturated heterocycles. The molecule has 1 heterocycles. The third-order valence-electron chi connectivity index (χ3n) is 3.70. The van der Waals surface area contributed by atoms with Gasteiger partial charge in [-0.3, -0.25) is 9.59 Å². The number of rotatable bonds is 4. The first kappa shape index (κ1) is 14.3. The van der Waals surface area contributed by atoms with Crippen molar-refractivity contribution >= 4 is 11.9 Å². The van der Waals surface area contributed by atoms with Crippen molar-refractivity contribution in [1.29, 1.82) is 0 Å². The van der Waals surface area contributed by atoms with Crippen LogP contribution in [0.2, 0.25) is 0 Å². The standard InChI is InChI=1S/C13H20O6/c1-8(14)16-6-11-4-5-13(18-10(3)19-13)12(11)7-17-9(2)15/h10-12H,4-7H2,1-3H3. The van der Waals surface area contributed by atoms with E-state index in [0.29, 0.717) is 6.61 Å². The van der Waals surface area contributed by atoms with Crippen LogP contribution in [0.3, 0.4) is 0 Å². The van der Waals surface area contributed by atoms with Gasteiger partial charge >= 0.3 is 11.9 Å². The van der Waals surface area contributed by atoms with Crippen LogP contribution in [0.25, 0.3) is 0 Å². The average molecular weight is 272 g/mol. The zero-order valence-corrected chi connectivity index (χ0v) is 11.5. The zero-order chi connectivity index (χ0) is 14.0. The number of hydrogen-bond acceptors (Lipinski definition) is 6. The van der Waals surface area contributed by atoms with Crippen LogP contribution < -0.4 is 0 Å². The highest BCUT2D eigenvalue weighted by atomic mass is 16.9. The second kappa shape index (κ2) is 5.46. The number of hydrogen-bond donors (Lipinski definition) is 0. The summed E-state index contributed by atoms with van der Waals surface area (Å²) in [6, 6.07) is 0. The van der Waals surface area contributed by atoms with E-state index in [-0.39, 0.29) is 36.7 Å². The summed E-state index contributed by atoms with van der Waals surface area (Å²) in [6.45, 7) is 5.11.